The molecule has 7 heteroatoms. The quantitative estimate of drug-likeness (QED) is 0.804. The normalized spacial score (nSPS) is 10.9. The number of pyridine rings is 1. The van der Waals surface area contributed by atoms with Crippen LogP contribution in [0.2, 0.25) is 0 Å². The zero-order valence-electron chi connectivity index (χ0n) is 12.6. The van der Waals surface area contributed by atoms with Gasteiger partial charge >= 0.3 is 5.69 Å². The Balaban J connectivity index is 2.71. The fourth-order valence-electron chi connectivity index (χ4n) is 2.28. The van der Waals surface area contributed by atoms with Gasteiger partial charge in [0.25, 0.3) is 11.5 Å². The van der Waals surface area contributed by atoms with Crippen molar-refractivity contribution >= 4 is 16.9 Å². The van der Waals surface area contributed by atoms with Gasteiger partial charge in [0.2, 0.25) is 0 Å². The Morgan fingerprint density at radius 1 is 1.19 bits per heavy atom. The first-order valence-corrected chi connectivity index (χ1v) is 6.77. The van der Waals surface area contributed by atoms with Crippen LogP contribution in [0.25, 0.3) is 11.0 Å². The van der Waals surface area contributed by atoms with Crippen molar-refractivity contribution in [3.05, 3.63) is 38.7 Å². The average Bonchev–Trinajstić information content (AvgIpc) is 2.51. The Morgan fingerprint density at radius 3 is 2.38 bits per heavy atom. The maximum absolute atomic E-state index is 12.3. The van der Waals surface area contributed by atoms with Crippen LogP contribution in [0.4, 0.5) is 0 Å². The van der Waals surface area contributed by atoms with Gasteiger partial charge in [0.05, 0.1) is 10.9 Å². The van der Waals surface area contributed by atoms with E-state index >= 15 is 0 Å². The summed E-state index contributed by atoms with van der Waals surface area (Å²) in [7, 11) is 2.95. The van der Waals surface area contributed by atoms with Crippen molar-refractivity contribution < 1.29 is 4.79 Å². The standard InChI is InChI=1S/C14H18N4O3/c1-5-18(6-2)12(19)9-7-10-11(15-8-9)16(3)14(21)17(4)13(10)20/h7-8H,5-6H2,1-4H3. The smallest absolute Gasteiger partial charge is 0.332 e. The summed E-state index contributed by atoms with van der Waals surface area (Å²) < 4.78 is 2.30. The molecule has 0 saturated carbocycles. The van der Waals surface area contributed by atoms with Crippen molar-refractivity contribution in [2.75, 3.05) is 13.1 Å². The fraction of sp³-hybridized carbons (Fsp3) is 0.429. The van der Waals surface area contributed by atoms with Crippen LogP contribution in [-0.4, -0.2) is 38.0 Å². The Labute approximate surface area is 121 Å². The summed E-state index contributed by atoms with van der Waals surface area (Å²) in [6.07, 6.45) is 1.40. The number of carbonyl (C=O) groups excluding carboxylic acids is 1. The summed E-state index contributed by atoms with van der Waals surface area (Å²) in [5.41, 5.74) is -0.265. The molecule has 0 saturated heterocycles. The zero-order chi connectivity index (χ0) is 15.7. The summed E-state index contributed by atoms with van der Waals surface area (Å²) in [6.45, 7) is 4.94. The van der Waals surface area contributed by atoms with Crippen LogP contribution in [0.3, 0.4) is 0 Å². The fourth-order valence-corrected chi connectivity index (χ4v) is 2.28. The topological polar surface area (TPSA) is 77.2 Å². The summed E-state index contributed by atoms with van der Waals surface area (Å²) in [6, 6.07) is 1.50. The molecular formula is C14H18N4O3. The second-order valence-corrected chi connectivity index (χ2v) is 4.78. The molecule has 0 aliphatic heterocycles. The van der Waals surface area contributed by atoms with E-state index in [0.717, 1.165) is 4.57 Å². The van der Waals surface area contributed by atoms with Crippen molar-refractivity contribution in [1.29, 1.82) is 0 Å². The molecule has 21 heavy (non-hydrogen) atoms. The molecule has 2 rings (SSSR count). The SMILES string of the molecule is CCN(CC)C(=O)c1cnc2c(c1)c(=O)n(C)c(=O)n2C. The van der Waals surface area contributed by atoms with E-state index in [-0.39, 0.29) is 16.9 Å². The Kier molecular flexibility index (Phi) is 3.93. The predicted octanol–water partition coefficient (Wildman–Crippen LogP) is 0.114. The first kappa shape index (κ1) is 15.0. The lowest BCUT2D eigenvalue weighted by molar-refractivity contribution is 0.0773. The summed E-state index contributed by atoms with van der Waals surface area (Å²) in [5.74, 6) is -0.176. The van der Waals surface area contributed by atoms with Crippen LogP contribution in [0.5, 0.6) is 0 Å². The van der Waals surface area contributed by atoms with Gasteiger partial charge in [-0.25, -0.2) is 9.78 Å². The van der Waals surface area contributed by atoms with Gasteiger partial charge in [-0.1, -0.05) is 0 Å². The van der Waals surface area contributed by atoms with Crippen LogP contribution >= 0.6 is 0 Å². The lowest BCUT2D eigenvalue weighted by atomic mass is 10.2. The Morgan fingerprint density at radius 2 is 1.81 bits per heavy atom. The number of nitrogens with zero attached hydrogens (tertiary/aromatic N) is 4. The summed E-state index contributed by atoms with van der Waals surface area (Å²) in [4.78, 5) is 42.1. The van der Waals surface area contributed by atoms with Crippen molar-refractivity contribution in [2.24, 2.45) is 14.1 Å². The van der Waals surface area contributed by atoms with Crippen molar-refractivity contribution in [1.82, 2.24) is 19.0 Å². The lowest BCUT2D eigenvalue weighted by Crippen LogP contribution is -2.37. The van der Waals surface area contributed by atoms with Crippen LogP contribution in [-0.2, 0) is 14.1 Å². The zero-order valence-corrected chi connectivity index (χ0v) is 12.6. The van der Waals surface area contributed by atoms with Gasteiger partial charge < -0.3 is 4.90 Å². The van der Waals surface area contributed by atoms with E-state index in [1.165, 1.54) is 23.9 Å². The highest BCUT2D eigenvalue weighted by atomic mass is 16.2. The van der Waals surface area contributed by atoms with Gasteiger partial charge in [-0.15, -0.1) is 0 Å². The minimum Gasteiger partial charge on any atom is -0.339 e. The third-order valence-corrected chi connectivity index (χ3v) is 3.59. The number of aryl methyl sites for hydroxylation is 1. The molecule has 0 aromatic carbocycles. The monoisotopic (exact) mass is 290 g/mol. The molecule has 0 bridgehead atoms. The number of hydrogen-bond donors (Lipinski definition) is 0. The molecule has 0 aliphatic rings. The lowest BCUT2D eigenvalue weighted by Gasteiger charge is -2.18. The van der Waals surface area contributed by atoms with Gasteiger partial charge in [-0.2, -0.15) is 0 Å². The second-order valence-electron chi connectivity index (χ2n) is 4.78. The molecule has 7 nitrogen and oxygen atoms in total. The molecule has 0 fully saturated rings. The number of hydrogen-bond acceptors (Lipinski definition) is 4. The van der Waals surface area contributed by atoms with Crippen LogP contribution in [0, 0.1) is 0 Å². The van der Waals surface area contributed by atoms with E-state index < -0.39 is 11.2 Å². The molecule has 1 amide bonds. The highest BCUT2D eigenvalue weighted by Gasteiger charge is 2.16. The Bertz CT molecular complexity index is 815. The van der Waals surface area contributed by atoms with E-state index in [1.54, 1.807) is 11.9 Å². The van der Waals surface area contributed by atoms with Gasteiger partial charge in [0.1, 0.15) is 5.65 Å². The first-order valence-electron chi connectivity index (χ1n) is 6.77. The van der Waals surface area contributed by atoms with Gasteiger partial charge in [0.15, 0.2) is 0 Å². The molecule has 0 spiro atoms. The van der Waals surface area contributed by atoms with Gasteiger partial charge in [-0.05, 0) is 19.9 Å². The van der Waals surface area contributed by atoms with E-state index in [4.69, 9.17) is 0 Å². The maximum atomic E-state index is 12.3. The third-order valence-electron chi connectivity index (χ3n) is 3.59. The van der Waals surface area contributed by atoms with Crippen molar-refractivity contribution in [3.63, 3.8) is 0 Å². The summed E-state index contributed by atoms with van der Waals surface area (Å²) in [5, 5.41) is 0.262. The molecular weight excluding hydrogens is 272 g/mol. The molecule has 2 aromatic rings. The minimum atomic E-state index is -0.449. The third kappa shape index (κ3) is 2.35. The second kappa shape index (κ2) is 5.51. The maximum Gasteiger partial charge on any atom is 0.332 e. The van der Waals surface area contributed by atoms with Crippen LogP contribution in [0.1, 0.15) is 24.2 Å². The van der Waals surface area contributed by atoms with Gasteiger partial charge in [0, 0.05) is 33.4 Å². The predicted molar refractivity (Wildman–Crippen MR) is 79.5 cm³/mol. The van der Waals surface area contributed by atoms with Crippen LogP contribution < -0.4 is 11.2 Å². The van der Waals surface area contributed by atoms with E-state index in [9.17, 15) is 14.4 Å². The molecule has 0 aliphatic carbocycles. The van der Waals surface area contributed by atoms with Crippen molar-refractivity contribution in [3.8, 4) is 0 Å². The van der Waals surface area contributed by atoms with E-state index in [0.29, 0.717) is 18.7 Å². The first-order chi connectivity index (χ1) is 9.92. The minimum absolute atomic E-state index is 0.176. The van der Waals surface area contributed by atoms with Gasteiger partial charge in [-0.3, -0.25) is 18.7 Å². The van der Waals surface area contributed by atoms with E-state index in [1.807, 2.05) is 13.8 Å². The number of aromatic nitrogens is 3. The molecule has 112 valence electrons. The van der Waals surface area contributed by atoms with Crippen LogP contribution in [0.15, 0.2) is 21.9 Å². The number of rotatable bonds is 3. The Hall–Kier alpha value is -2.44. The molecule has 2 heterocycles. The number of amides is 1. The number of carbonyl (C=O) groups is 1. The largest absolute Gasteiger partial charge is 0.339 e. The molecule has 0 N–H and O–H groups in total. The van der Waals surface area contributed by atoms with Crippen molar-refractivity contribution in [2.45, 2.75) is 13.8 Å². The highest BCUT2D eigenvalue weighted by molar-refractivity contribution is 5.96. The number of fused-ring (bicyclic) bond motifs is 1. The highest BCUT2D eigenvalue weighted by Crippen LogP contribution is 2.10. The summed E-state index contributed by atoms with van der Waals surface area (Å²) >= 11 is 0. The average molecular weight is 290 g/mol. The molecule has 0 radical (unpaired) electrons. The molecule has 0 atom stereocenters. The molecule has 2 aromatic heterocycles. The van der Waals surface area contributed by atoms with E-state index in [2.05, 4.69) is 4.98 Å². The molecule has 0 unspecified atom stereocenters.